The van der Waals surface area contributed by atoms with Crippen molar-refractivity contribution in [1.29, 1.82) is 0 Å². The summed E-state index contributed by atoms with van der Waals surface area (Å²) in [5, 5.41) is 4.05. The number of benzene rings is 1. The predicted octanol–water partition coefficient (Wildman–Crippen LogP) is 2.53. The first kappa shape index (κ1) is 10.3. The average Bonchev–Trinajstić information content (AvgIpc) is 2.60. The summed E-state index contributed by atoms with van der Waals surface area (Å²) in [6.45, 7) is 1.97. The van der Waals surface area contributed by atoms with E-state index in [2.05, 4.69) is 29.6 Å². The lowest BCUT2D eigenvalue weighted by Gasteiger charge is -2.08. The summed E-state index contributed by atoms with van der Waals surface area (Å²) in [7, 11) is 0. The standard InChI is InChI=1S/C11H14ClNS/c12-5-6-13-8-10-7-9-3-1-2-4-11(9)14-10/h1-4,10,13H,5-8H2. The van der Waals surface area contributed by atoms with Crippen molar-refractivity contribution in [3.05, 3.63) is 29.8 Å². The molecule has 1 aromatic rings. The van der Waals surface area contributed by atoms with Crippen LogP contribution in [-0.2, 0) is 6.42 Å². The van der Waals surface area contributed by atoms with E-state index in [1.165, 1.54) is 16.9 Å². The summed E-state index contributed by atoms with van der Waals surface area (Å²) in [6.07, 6.45) is 1.19. The molecule has 76 valence electrons. The molecule has 0 aliphatic carbocycles. The maximum Gasteiger partial charge on any atom is 0.0348 e. The lowest BCUT2D eigenvalue weighted by Crippen LogP contribution is -2.25. The van der Waals surface area contributed by atoms with Crippen LogP contribution in [-0.4, -0.2) is 24.2 Å². The fraction of sp³-hybridized carbons (Fsp3) is 0.455. The van der Waals surface area contributed by atoms with Gasteiger partial charge in [-0.05, 0) is 18.1 Å². The fourth-order valence-electron chi connectivity index (χ4n) is 1.70. The van der Waals surface area contributed by atoms with Crippen LogP contribution >= 0.6 is 23.4 Å². The molecule has 1 N–H and O–H groups in total. The zero-order valence-electron chi connectivity index (χ0n) is 8.00. The number of halogens is 1. The number of thioether (sulfide) groups is 1. The van der Waals surface area contributed by atoms with Crippen LogP contribution in [0.5, 0.6) is 0 Å². The molecule has 1 nitrogen and oxygen atoms in total. The first-order valence-electron chi connectivity index (χ1n) is 4.91. The largest absolute Gasteiger partial charge is 0.314 e. The van der Waals surface area contributed by atoms with Gasteiger partial charge in [0.1, 0.15) is 0 Å². The Labute approximate surface area is 94.2 Å². The summed E-state index contributed by atoms with van der Waals surface area (Å²) in [4.78, 5) is 1.45. The van der Waals surface area contributed by atoms with E-state index in [0.29, 0.717) is 11.1 Å². The van der Waals surface area contributed by atoms with Gasteiger partial charge >= 0.3 is 0 Å². The molecule has 1 aromatic carbocycles. The minimum atomic E-state index is 0.690. The molecule has 1 heterocycles. The highest BCUT2D eigenvalue weighted by atomic mass is 35.5. The van der Waals surface area contributed by atoms with Gasteiger partial charge in [-0.15, -0.1) is 23.4 Å². The summed E-state index contributed by atoms with van der Waals surface area (Å²) in [5.41, 5.74) is 1.50. The van der Waals surface area contributed by atoms with Gasteiger partial charge in [0.25, 0.3) is 0 Å². The van der Waals surface area contributed by atoms with E-state index in [9.17, 15) is 0 Å². The Balaban J connectivity index is 1.86. The predicted molar refractivity (Wildman–Crippen MR) is 63.4 cm³/mol. The smallest absolute Gasteiger partial charge is 0.0348 e. The second kappa shape index (κ2) is 5.06. The number of rotatable bonds is 4. The van der Waals surface area contributed by atoms with E-state index in [1.54, 1.807) is 0 Å². The summed E-state index contributed by atoms with van der Waals surface area (Å²) in [5.74, 6) is 0.699. The Hall–Kier alpha value is -0.180. The Morgan fingerprint density at radius 1 is 1.43 bits per heavy atom. The van der Waals surface area contributed by atoms with Crippen LogP contribution in [0.4, 0.5) is 0 Å². The Morgan fingerprint density at radius 2 is 2.29 bits per heavy atom. The lowest BCUT2D eigenvalue weighted by atomic mass is 10.1. The van der Waals surface area contributed by atoms with Crippen molar-refractivity contribution in [2.24, 2.45) is 0 Å². The van der Waals surface area contributed by atoms with Crippen molar-refractivity contribution in [2.45, 2.75) is 16.6 Å². The van der Waals surface area contributed by atoms with E-state index < -0.39 is 0 Å². The molecule has 0 radical (unpaired) electrons. The van der Waals surface area contributed by atoms with Crippen molar-refractivity contribution < 1.29 is 0 Å². The van der Waals surface area contributed by atoms with E-state index in [-0.39, 0.29) is 0 Å². The number of alkyl halides is 1. The van der Waals surface area contributed by atoms with Crippen LogP contribution in [0.25, 0.3) is 0 Å². The van der Waals surface area contributed by atoms with Crippen LogP contribution in [0.3, 0.4) is 0 Å². The minimum absolute atomic E-state index is 0.690. The molecule has 0 amide bonds. The Morgan fingerprint density at radius 3 is 3.07 bits per heavy atom. The van der Waals surface area contributed by atoms with Gasteiger partial charge < -0.3 is 5.32 Å². The van der Waals surface area contributed by atoms with Crippen molar-refractivity contribution in [3.8, 4) is 0 Å². The molecule has 0 saturated heterocycles. The quantitative estimate of drug-likeness (QED) is 0.627. The van der Waals surface area contributed by atoms with Crippen LogP contribution in [0.1, 0.15) is 5.56 Å². The zero-order chi connectivity index (χ0) is 9.80. The van der Waals surface area contributed by atoms with Gasteiger partial charge in [-0.2, -0.15) is 0 Å². The SMILES string of the molecule is ClCCNCC1Cc2ccccc2S1. The molecule has 0 bridgehead atoms. The molecule has 1 aliphatic heterocycles. The van der Waals surface area contributed by atoms with Crippen LogP contribution < -0.4 is 5.32 Å². The van der Waals surface area contributed by atoms with Crippen molar-refractivity contribution in [2.75, 3.05) is 19.0 Å². The van der Waals surface area contributed by atoms with Gasteiger partial charge in [-0.1, -0.05) is 18.2 Å². The molecule has 1 atom stereocenters. The first-order valence-corrected chi connectivity index (χ1v) is 6.33. The van der Waals surface area contributed by atoms with E-state index in [4.69, 9.17) is 11.6 Å². The molecule has 0 spiro atoms. The van der Waals surface area contributed by atoms with Gasteiger partial charge in [0.2, 0.25) is 0 Å². The minimum Gasteiger partial charge on any atom is -0.314 e. The van der Waals surface area contributed by atoms with Gasteiger partial charge in [-0.25, -0.2) is 0 Å². The highest BCUT2D eigenvalue weighted by molar-refractivity contribution is 8.00. The number of nitrogens with one attached hydrogen (secondary N) is 1. The Bertz CT molecular complexity index is 278. The van der Waals surface area contributed by atoms with Crippen LogP contribution in [0.15, 0.2) is 29.2 Å². The second-order valence-corrected chi connectivity index (χ2v) is 5.16. The number of hydrogen-bond acceptors (Lipinski definition) is 2. The molecular formula is C11H14ClNS. The Kier molecular flexibility index (Phi) is 3.74. The second-order valence-electron chi connectivity index (χ2n) is 3.44. The normalized spacial score (nSPS) is 19.6. The maximum absolute atomic E-state index is 5.61. The molecule has 1 unspecified atom stereocenters. The summed E-state index contributed by atoms with van der Waals surface area (Å²) < 4.78 is 0. The van der Waals surface area contributed by atoms with Gasteiger partial charge in [0.15, 0.2) is 0 Å². The topological polar surface area (TPSA) is 12.0 Å². The molecule has 2 rings (SSSR count). The molecule has 0 saturated carbocycles. The van der Waals surface area contributed by atoms with Gasteiger partial charge in [-0.3, -0.25) is 0 Å². The van der Waals surface area contributed by atoms with Crippen molar-refractivity contribution >= 4 is 23.4 Å². The van der Waals surface area contributed by atoms with E-state index >= 15 is 0 Å². The molecule has 14 heavy (non-hydrogen) atoms. The third-order valence-electron chi connectivity index (χ3n) is 2.36. The molecule has 0 fully saturated rings. The molecular weight excluding hydrogens is 214 g/mol. The third kappa shape index (κ3) is 2.44. The first-order chi connectivity index (χ1) is 6.90. The lowest BCUT2D eigenvalue weighted by molar-refractivity contribution is 0.692. The molecule has 1 aliphatic rings. The van der Waals surface area contributed by atoms with Gasteiger partial charge in [0, 0.05) is 29.1 Å². The fourth-order valence-corrected chi connectivity index (χ4v) is 3.11. The third-order valence-corrected chi connectivity index (χ3v) is 3.86. The monoisotopic (exact) mass is 227 g/mol. The maximum atomic E-state index is 5.61. The average molecular weight is 228 g/mol. The number of hydrogen-bond donors (Lipinski definition) is 1. The summed E-state index contributed by atoms with van der Waals surface area (Å²) in [6, 6.07) is 8.67. The van der Waals surface area contributed by atoms with Crippen molar-refractivity contribution in [1.82, 2.24) is 5.32 Å². The molecule has 0 aromatic heterocycles. The zero-order valence-corrected chi connectivity index (χ0v) is 9.57. The van der Waals surface area contributed by atoms with Crippen LogP contribution in [0.2, 0.25) is 0 Å². The summed E-state index contributed by atoms with van der Waals surface area (Å²) >= 11 is 7.59. The van der Waals surface area contributed by atoms with E-state index in [1.807, 2.05) is 11.8 Å². The highest BCUT2D eigenvalue weighted by Crippen LogP contribution is 2.36. The highest BCUT2D eigenvalue weighted by Gasteiger charge is 2.20. The number of fused-ring (bicyclic) bond motifs is 1. The van der Waals surface area contributed by atoms with Gasteiger partial charge in [0.05, 0.1) is 0 Å². The van der Waals surface area contributed by atoms with Crippen LogP contribution in [0, 0.1) is 0 Å². The van der Waals surface area contributed by atoms with Crippen molar-refractivity contribution in [3.63, 3.8) is 0 Å². The molecule has 3 heteroatoms. The van der Waals surface area contributed by atoms with E-state index in [0.717, 1.165) is 13.1 Å².